The van der Waals surface area contributed by atoms with E-state index in [2.05, 4.69) is 9.50 Å². The molecule has 1 fully saturated rings. The Kier molecular flexibility index (Phi) is 4.49. The highest BCUT2D eigenvalue weighted by molar-refractivity contribution is 7.90. The van der Waals surface area contributed by atoms with Crippen LogP contribution in [0.1, 0.15) is 34.6 Å². The maximum atomic E-state index is 12.7. The fraction of sp³-hybridized carbons (Fsp3) is 0.421. The van der Waals surface area contributed by atoms with Gasteiger partial charge in [0.05, 0.1) is 0 Å². The number of sulfonamides is 1. The van der Waals surface area contributed by atoms with Gasteiger partial charge in [-0.25, -0.2) is 0 Å². The number of likely N-dealkylation sites (tertiary alicyclic amines) is 1. The molecule has 0 atom stereocenters. The number of hydrogen-bond acceptors (Lipinski definition) is 5. The van der Waals surface area contributed by atoms with Gasteiger partial charge in [-0.1, -0.05) is 12.1 Å². The Morgan fingerprint density at radius 3 is 2.54 bits per heavy atom. The van der Waals surface area contributed by atoms with Crippen molar-refractivity contribution in [3.05, 3.63) is 47.3 Å². The maximum absolute atomic E-state index is 12.7. The Balaban J connectivity index is 1.46. The van der Waals surface area contributed by atoms with Crippen molar-refractivity contribution in [2.45, 2.75) is 30.7 Å². The van der Waals surface area contributed by atoms with Crippen molar-refractivity contribution in [2.75, 3.05) is 20.1 Å². The Hall–Kier alpha value is -2.68. The van der Waals surface area contributed by atoms with Crippen molar-refractivity contribution >= 4 is 21.8 Å². The Labute approximate surface area is 164 Å². The molecule has 1 saturated heterocycles. The van der Waals surface area contributed by atoms with Crippen LogP contribution in [0, 0.1) is 6.92 Å². The summed E-state index contributed by atoms with van der Waals surface area (Å²) in [5.41, 5.74) is 2.05. The lowest BCUT2D eigenvalue weighted by atomic mass is 10.0. The van der Waals surface area contributed by atoms with Gasteiger partial charge in [0.25, 0.3) is 15.9 Å². The molecule has 8 nitrogen and oxygen atoms in total. The fourth-order valence-corrected chi connectivity index (χ4v) is 5.02. The van der Waals surface area contributed by atoms with Gasteiger partial charge in [-0.05, 0) is 38.0 Å². The molecule has 9 heteroatoms. The van der Waals surface area contributed by atoms with Crippen molar-refractivity contribution in [1.29, 1.82) is 0 Å². The molecule has 2 aromatic rings. The molecule has 3 heterocycles. The third kappa shape index (κ3) is 3.09. The van der Waals surface area contributed by atoms with Gasteiger partial charge in [-0.2, -0.15) is 13.5 Å². The van der Waals surface area contributed by atoms with E-state index in [4.69, 9.17) is 0 Å². The largest absolute Gasteiger partial charge is 0.355 e. The van der Waals surface area contributed by atoms with Crippen LogP contribution in [0.4, 0.5) is 0 Å². The van der Waals surface area contributed by atoms with Crippen LogP contribution >= 0.6 is 0 Å². The summed E-state index contributed by atoms with van der Waals surface area (Å²) in [5.74, 6) is 0.427. The van der Waals surface area contributed by atoms with Crippen LogP contribution in [0.2, 0.25) is 0 Å². The van der Waals surface area contributed by atoms with Crippen molar-refractivity contribution in [1.82, 2.24) is 19.6 Å². The predicted octanol–water partition coefficient (Wildman–Crippen LogP) is 1.41. The lowest BCUT2D eigenvalue weighted by Crippen LogP contribution is -2.47. The molecule has 2 aliphatic rings. The predicted molar refractivity (Wildman–Crippen MR) is 105 cm³/mol. The fourth-order valence-electron chi connectivity index (χ4n) is 3.79. The van der Waals surface area contributed by atoms with E-state index >= 15 is 0 Å². The van der Waals surface area contributed by atoms with E-state index < -0.39 is 10.0 Å². The summed E-state index contributed by atoms with van der Waals surface area (Å²) in [4.78, 5) is 16.8. The number of piperidine rings is 1. The molecule has 0 unspecified atom stereocenters. The highest BCUT2D eigenvalue weighted by Crippen LogP contribution is 2.29. The van der Waals surface area contributed by atoms with Crippen LogP contribution in [-0.4, -0.2) is 65.9 Å². The minimum absolute atomic E-state index is 0.0833. The highest BCUT2D eigenvalue weighted by atomic mass is 32.2. The summed E-state index contributed by atoms with van der Waals surface area (Å²) in [5, 5.41) is 4.27. The van der Waals surface area contributed by atoms with E-state index in [1.54, 1.807) is 40.9 Å². The van der Waals surface area contributed by atoms with Crippen LogP contribution in [0.3, 0.4) is 0 Å². The van der Waals surface area contributed by atoms with E-state index in [9.17, 15) is 13.2 Å². The van der Waals surface area contributed by atoms with Gasteiger partial charge in [-0.15, -0.1) is 4.40 Å². The zero-order valence-electron chi connectivity index (χ0n) is 16.2. The van der Waals surface area contributed by atoms with E-state index in [-0.39, 0.29) is 16.8 Å². The summed E-state index contributed by atoms with van der Waals surface area (Å²) in [7, 11) is 0.00932. The molecular weight excluding hydrogens is 378 g/mol. The number of aromatic nitrogens is 2. The van der Waals surface area contributed by atoms with Gasteiger partial charge >= 0.3 is 0 Å². The molecule has 0 N–H and O–H groups in total. The van der Waals surface area contributed by atoms with E-state index in [0.29, 0.717) is 30.2 Å². The highest BCUT2D eigenvalue weighted by Gasteiger charge is 2.34. The van der Waals surface area contributed by atoms with Crippen molar-refractivity contribution in [3.63, 3.8) is 0 Å². The smallest absolute Gasteiger partial charge is 0.285 e. The number of amidine groups is 1. The second kappa shape index (κ2) is 6.73. The molecule has 148 valence electrons. The van der Waals surface area contributed by atoms with Gasteiger partial charge in [0, 0.05) is 44.5 Å². The normalized spacial score (nSPS) is 18.7. The minimum atomic E-state index is -3.61. The standard InChI is InChI=1S/C19H23N5O3S/c1-13-12-16(20-23(13)3)19(25)22(2)14-8-10-24(11-9-14)18-15-6-4-5-7-17(15)28(26,27)21-18/h4-7,12,14H,8-11H2,1-3H3. The molecule has 1 aromatic heterocycles. The average Bonchev–Trinajstić information content (AvgIpc) is 3.17. The minimum Gasteiger partial charge on any atom is -0.355 e. The quantitative estimate of drug-likeness (QED) is 0.759. The summed E-state index contributed by atoms with van der Waals surface area (Å²) in [6.45, 7) is 3.20. The lowest BCUT2D eigenvalue weighted by Gasteiger charge is -2.37. The van der Waals surface area contributed by atoms with E-state index in [1.165, 1.54) is 0 Å². The third-order valence-electron chi connectivity index (χ3n) is 5.58. The first-order valence-electron chi connectivity index (χ1n) is 9.25. The van der Waals surface area contributed by atoms with Gasteiger partial charge < -0.3 is 9.80 Å². The lowest BCUT2D eigenvalue weighted by molar-refractivity contribution is 0.0671. The molecule has 2 aliphatic heterocycles. The molecular formula is C19H23N5O3S. The summed E-state index contributed by atoms with van der Waals surface area (Å²) >= 11 is 0. The number of hydrogen-bond donors (Lipinski definition) is 0. The first kappa shape index (κ1) is 18.7. The van der Waals surface area contributed by atoms with E-state index in [1.807, 2.05) is 24.9 Å². The first-order chi connectivity index (χ1) is 13.3. The van der Waals surface area contributed by atoms with Crippen LogP contribution in [0.15, 0.2) is 39.6 Å². The molecule has 0 aliphatic carbocycles. The molecule has 28 heavy (non-hydrogen) atoms. The Morgan fingerprint density at radius 2 is 1.89 bits per heavy atom. The summed E-state index contributed by atoms with van der Waals surface area (Å²) < 4.78 is 30.2. The van der Waals surface area contributed by atoms with Gasteiger partial charge in [0.2, 0.25) is 0 Å². The number of carbonyl (C=O) groups is 1. The summed E-state index contributed by atoms with van der Waals surface area (Å²) in [6, 6.07) is 8.80. The number of rotatable bonds is 2. The zero-order valence-corrected chi connectivity index (χ0v) is 17.0. The molecule has 0 bridgehead atoms. The Morgan fingerprint density at radius 1 is 1.21 bits per heavy atom. The van der Waals surface area contributed by atoms with Gasteiger partial charge in [0.1, 0.15) is 4.90 Å². The third-order valence-corrected chi connectivity index (χ3v) is 6.90. The number of nitrogens with zero attached hydrogens (tertiary/aromatic N) is 5. The van der Waals surface area contributed by atoms with Crippen molar-refractivity contribution in [3.8, 4) is 0 Å². The monoisotopic (exact) mass is 401 g/mol. The van der Waals surface area contributed by atoms with Crippen molar-refractivity contribution < 1.29 is 13.2 Å². The molecule has 1 amide bonds. The van der Waals surface area contributed by atoms with Crippen LogP contribution in [-0.2, 0) is 17.1 Å². The molecule has 4 rings (SSSR count). The number of benzene rings is 1. The Bertz CT molecular complexity index is 1050. The number of amides is 1. The first-order valence-corrected chi connectivity index (χ1v) is 10.7. The SMILES string of the molecule is Cc1cc(C(=O)N(C)C2CCN(C3=NS(=O)(=O)c4ccccc43)CC2)nn1C. The van der Waals surface area contributed by atoms with Gasteiger partial charge in [-0.3, -0.25) is 9.48 Å². The second-order valence-electron chi connectivity index (χ2n) is 7.31. The average molecular weight is 401 g/mol. The van der Waals surface area contributed by atoms with E-state index in [0.717, 1.165) is 18.5 Å². The topological polar surface area (TPSA) is 87.9 Å². The molecule has 0 saturated carbocycles. The van der Waals surface area contributed by atoms with Crippen LogP contribution < -0.4 is 0 Å². The number of carbonyl (C=O) groups excluding carboxylic acids is 1. The summed E-state index contributed by atoms with van der Waals surface area (Å²) in [6.07, 6.45) is 1.49. The van der Waals surface area contributed by atoms with Crippen molar-refractivity contribution in [2.24, 2.45) is 11.4 Å². The maximum Gasteiger partial charge on any atom is 0.285 e. The molecule has 1 aromatic carbocycles. The van der Waals surface area contributed by atoms with Crippen LogP contribution in [0.5, 0.6) is 0 Å². The zero-order chi connectivity index (χ0) is 20.1. The van der Waals surface area contributed by atoms with Gasteiger partial charge in [0.15, 0.2) is 11.5 Å². The van der Waals surface area contributed by atoms with Crippen LogP contribution in [0.25, 0.3) is 0 Å². The molecule has 0 spiro atoms. The number of aryl methyl sites for hydroxylation is 2. The number of fused-ring (bicyclic) bond motifs is 1. The second-order valence-corrected chi connectivity index (χ2v) is 8.89. The molecule has 0 radical (unpaired) electrons.